The van der Waals surface area contributed by atoms with E-state index >= 15 is 0 Å². The molecule has 0 saturated carbocycles. The van der Waals surface area contributed by atoms with Gasteiger partial charge >= 0.3 is 5.63 Å². The molecule has 4 heteroatoms. The Morgan fingerprint density at radius 1 is 1.05 bits per heavy atom. The molecule has 0 fully saturated rings. The number of hydrogen-bond donors (Lipinski definition) is 0. The van der Waals surface area contributed by atoms with Crippen molar-refractivity contribution in [1.29, 1.82) is 0 Å². The number of methoxy groups -OCH3 is 2. The topological polar surface area (TPSA) is 48.7 Å². The highest BCUT2D eigenvalue weighted by atomic mass is 16.5. The van der Waals surface area contributed by atoms with Crippen molar-refractivity contribution < 1.29 is 13.9 Å². The van der Waals surface area contributed by atoms with E-state index < -0.39 is 0 Å². The molecule has 19 heavy (non-hydrogen) atoms. The van der Waals surface area contributed by atoms with E-state index in [1.165, 1.54) is 0 Å². The average molecular weight is 260 g/mol. The molecule has 2 aromatic rings. The third-order valence-corrected chi connectivity index (χ3v) is 3.71. The monoisotopic (exact) mass is 260 g/mol. The zero-order chi connectivity index (χ0) is 13.4. The summed E-state index contributed by atoms with van der Waals surface area (Å²) in [6, 6.07) is 3.57. The van der Waals surface area contributed by atoms with Gasteiger partial charge in [0.15, 0.2) is 0 Å². The maximum absolute atomic E-state index is 12.0. The summed E-state index contributed by atoms with van der Waals surface area (Å²) >= 11 is 0. The van der Waals surface area contributed by atoms with Crippen LogP contribution in [0.5, 0.6) is 11.5 Å². The quantitative estimate of drug-likeness (QED) is 0.779. The fraction of sp³-hybridized carbons (Fsp3) is 0.400. The molecule has 0 N–H and O–H groups in total. The van der Waals surface area contributed by atoms with Gasteiger partial charge in [0.25, 0.3) is 0 Å². The zero-order valence-electron chi connectivity index (χ0n) is 11.1. The predicted molar refractivity (Wildman–Crippen MR) is 72.2 cm³/mol. The van der Waals surface area contributed by atoms with Gasteiger partial charge in [0.05, 0.1) is 19.6 Å². The largest absolute Gasteiger partial charge is 0.496 e. The summed E-state index contributed by atoms with van der Waals surface area (Å²) in [6.45, 7) is 0. The van der Waals surface area contributed by atoms with E-state index in [1.807, 2.05) is 6.07 Å². The van der Waals surface area contributed by atoms with Gasteiger partial charge in [-0.05, 0) is 31.2 Å². The van der Waals surface area contributed by atoms with Crippen LogP contribution in [0.1, 0.15) is 24.0 Å². The van der Waals surface area contributed by atoms with Crippen molar-refractivity contribution in [3.8, 4) is 11.5 Å². The Morgan fingerprint density at radius 3 is 2.47 bits per heavy atom. The molecule has 0 saturated heterocycles. The average Bonchev–Trinajstić information content (AvgIpc) is 2.46. The molecular weight excluding hydrogens is 244 g/mol. The van der Waals surface area contributed by atoms with Crippen LogP contribution in [0.3, 0.4) is 0 Å². The Labute approximate surface area is 110 Å². The molecular formula is C15H16O4. The SMILES string of the molecule is COc1cc(OC)c2c3c(c(=O)oc2c1)CCCC3. The molecule has 0 spiro atoms. The lowest BCUT2D eigenvalue weighted by Crippen LogP contribution is -2.16. The Balaban J connectivity index is 2.41. The first-order valence-corrected chi connectivity index (χ1v) is 6.45. The smallest absolute Gasteiger partial charge is 0.339 e. The maximum atomic E-state index is 12.0. The lowest BCUT2D eigenvalue weighted by atomic mass is 9.90. The van der Waals surface area contributed by atoms with E-state index in [1.54, 1.807) is 20.3 Å². The molecule has 0 aliphatic heterocycles. The minimum absolute atomic E-state index is 0.225. The molecule has 1 aliphatic rings. The molecule has 0 atom stereocenters. The molecule has 0 amide bonds. The summed E-state index contributed by atoms with van der Waals surface area (Å²) in [5, 5.41) is 0.914. The van der Waals surface area contributed by atoms with E-state index in [-0.39, 0.29) is 5.63 Å². The Kier molecular flexibility index (Phi) is 2.93. The highest BCUT2D eigenvalue weighted by molar-refractivity contribution is 5.89. The predicted octanol–water partition coefficient (Wildman–Crippen LogP) is 2.69. The van der Waals surface area contributed by atoms with Crippen LogP contribution in [0.4, 0.5) is 0 Å². The van der Waals surface area contributed by atoms with Crippen LogP contribution in [-0.4, -0.2) is 14.2 Å². The molecule has 0 radical (unpaired) electrons. The van der Waals surface area contributed by atoms with Crippen LogP contribution in [0, 0.1) is 0 Å². The lowest BCUT2D eigenvalue weighted by Gasteiger charge is -2.18. The van der Waals surface area contributed by atoms with Crippen molar-refractivity contribution in [2.24, 2.45) is 0 Å². The zero-order valence-corrected chi connectivity index (χ0v) is 11.1. The van der Waals surface area contributed by atoms with Gasteiger partial charge in [0.1, 0.15) is 17.1 Å². The maximum Gasteiger partial charge on any atom is 0.339 e. The fourth-order valence-corrected chi connectivity index (χ4v) is 2.79. The second-order valence-electron chi connectivity index (χ2n) is 4.76. The highest BCUT2D eigenvalue weighted by Gasteiger charge is 2.21. The van der Waals surface area contributed by atoms with Gasteiger partial charge in [-0.25, -0.2) is 4.79 Å². The van der Waals surface area contributed by atoms with Gasteiger partial charge in [0.2, 0.25) is 0 Å². The van der Waals surface area contributed by atoms with E-state index in [9.17, 15) is 4.79 Å². The van der Waals surface area contributed by atoms with E-state index in [4.69, 9.17) is 13.9 Å². The molecule has 0 bridgehead atoms. The normalized spacial score (nSPS) is 14.2. The minimum atomic E-state index is -0.225. The summed E-state index contributed by atoms with van der Waals surface area (Å²) in [4.78, 5) is 12.0. The fourth-order valence-electron chi connectivity index (χ4n) is 2.79. The number of benzene rings is 1. The third-order valence-electron chi connectivity index (χ3n) is 3.71. The van der Waals surface area contributed by atoms with E-state index in [0.29, 0.717) is 17.1 Å². The van der Waals surface area contributed by atoms with Crippen LogP contribution < -0.4 is 15.1 Å². The first-order valence-electron chi connectivity index (χ1n) is 6.45. The Bertz CT molecular complexity index is 685. The standard InChI is InChI=1S/C15H16O4/c1-17-9-7-12(18-2)14-10-5-3-4-6-11(10)15(16)19-13(14)8-9/h7-8H,3-6H2,1-2H3. The van der Waals surface area contributed by atoms with Gasteiger partial charge in [-0.2, -0.15) is 0 Å². The van der Waals surface area contributed by atoms with E-state index in [0.717, 1.165) is 42.2 Å². The van der Waals surface area contributed by atoms with Crippen molar-refractivity contribution in [2.75, 3.05) is 14.2 Å². The van der Waals surface area contributed by atoms with Gasteiger partial charge in [-0.3, -0.25) is 0 Å². The summed E-state index contributed by atoms with van der Waals surface area (Å²) in [7, 11) is 3.20. The van der Waals surface area contributed by atoms with Crippen LogP contribution in [0.25, 0.3) is 11.0 Å². The Hall–Kier alpha value is -1.97. The number of ether oxygens (including phenoxy) is 2. The van der Waals surface area contributed by atoms with Gasteiger partial charge in [0, 0.05) is 17.7 Å². The van der Waals surface area contributed by atoms with Crippen LogP contribution in [-0.2, 0) is 12.8 Å². The van der Waals surface area contributed by atoms with Gasteiger partial charge in [-0.15, -0.1) is 0 Å². The van der Waals surface area contributed by atoms with Crippen molar-refractivity contribution >= 4 is 11.0 Å². The number of rotatable bonds is 2. The van der Waals surface area contributed by atoms with Gasteiger partial charge in [-0.1, -0.05) is 0 Å². The van der Waals surface area contributed by atoms with Crippen molar-refractivity contribution in [2.45, 2.75) is 25.7 Å². The van der Waals surface area contributed by atoms with Crippen molar-refractivity contribution in [3.05, 3.63) is 33.7 Å². The third kappa shape index (κ3) is 1.87. The van der Waals surface area contributed by atoms with Crippen LogP contribution in [0.15, 0.2) is 21.3 Å². The summed E-state index contributed by atoms with van der Waals surface area (Å²) < 4.78 is 16.1. The molecule has 1 aliphatic carbocycles. The molecule has 1 aromatic carbocycles. The van der Waals surface area contributed by atoms with Crippen LogP contribution >= 0.6 is 0 Å². The molecule has 100 valence electrons. The summed E-state index contributed by atoms with van der Waals surface area (Å²) in [5.74, 6) is 1.33. The van der Waals surface area contributed by atoms with E-state index in [2.05, 4.69) is 0 Å². The lowest BCUT2D eigenvalue weighted by molar-refractivity contribution is 0.395. The Morgan fingerprint density at radius 2 is 1.79 bits per heavy atom. The summed E-state index contributed by atoms with van der Waals surface area (Å²) in [6.07, 6.45) is 3.84. The number of hydrogen-bond acceptors (Lipinski definition) is 4. The number of aryl methyl sites for hydroxylation is 1. The first kappa shape index (κ1) is 12.1. The highest BCUT2D eigenvalue weighted by Crippen LogP contribution is 2.36. The molecule has 3 rings (SSSR count). The molecule has 1 aromatic heterocycles. The second kappa shape index (κ2) is 4.61. The summed E-state index contributed by atoms with van der Waals surface area (Å²) in [5.41, 5.74) is 2.21. The number of fused-ring (bicyclic) bond motifs is 3. The van der Waals surface area contributed by atoms with Gasteiger partial charge < -0.3 is 13.9 Å². The molecule has 0 unspecified atom stereocenters. The molecule has 1 heterocycles. The van der Waals surface area contributed by atoms with Crippen molar-refractivity contribution in [1.82, 2.24) is 0 Å². The minimum Gasteiger partial charge on any atom is -0.496 e. The molecule has 4 nitrogen and oxygen atoms in total. The van der Waals surface area contributed by atoms with Crippen LogP contribution in [0.2, 0.25) is 0 Å². The second-order valence-corrected chi connectivity index (χ2v) is 4.76. The van der Waals surface area contributed by atoms with Crippen molar-refractivity contribution in [3.63, 3.8) is 0 Å². The first-order chi connectivity index (χ1) is 9.24.